The Morgan fingerprint density at radius 1 is 1.07 bits per heavy atom. The molecule has 5 rings (SSSR count). The van der Waals surface area contributed by atoms with Crippen molar-refractivity contribution in [2.24, 2.45) is 0 Å². The number of aryl methyl sites for hydroxylation is 1. The van der Waals surface area contributed by atoms with Crippen molar-refractivity contribution in [1.29, 1.82) is 5.26 Å². The van der Waals surface area contributed by atoms with E-state index in [1.807, 2.05) is 39.1 Å². The van der Waals surface area contributed by atoms with E-state index < -0.39 is 11.9 Å². The first kappa shape index (κ1) is 27.6. The lowest BCUT2D eigenvalue weighted by molar-refractivity contribution is 0.514. The molecule has 0 bridgehead atoms. The summed E-state index contributed by atoms with van der Waals surface area (Å²) in [7, 11) is 0. The van der Waals surface area contributed by atoms with Crippen LogP contribution in [0.3, 0.4) is 0 Å². The van der Waals surface area contributed by atoms with Crippen molar-refractivity contribution in [3.63, 3.8) is 0 Å². The predicted octanol–water partition coefficient (Wildman–Crippen LogP) is 8.03. The van der Waals surface area contributed by atoms with E-state index in [1.165, 1.54) is 18.3 Å². The van der Waals surface area contributed by atoms with Crippen LogP contribution in [0.5, 0.6) is 0 Å². The summed E-state index contributed by atoms with van der Waals surface area (Å²) < 4.78 is 16.7. The number of rotatable bonds is 7. The van der Waals surface area contributed by atoms with Crippen LogP contribution in [0.15, 0.2) is 55.0 Å². The zero-order chi connectivity index (χ0) is 28.6. The molecular weight excluding hydrogens is 574 g/mol. The molecule has 40 heavy (non-hydrogen) atoms. The first-order valence-corrected chi connectivity index (χ1v) is 13.3. The molecule has 8 nitrogen and oxygen atoms in total. The molecule has 0 spiro atoms. The van der Waals surface area contributed by atoms with E-state index in [0.29, 0.717) is 33.0 Å². The summed E-state index contributed by atoms with van der Waals surface area (Å²) in [5, 5.41) is 25.7. The SMILES string of the molecule is Cc1ncccc1[C@H](Nc1cc(Cl)c2ncc(C#N)c(Nc3ccc(Cl)c(Cl)c3F)c2c1)c1cn(C(C)C)nn1. The van der Waals surface area contributed by atoms with Crippen molar-refractivity contribution in [1.82, 2.24) is 25.0 Å². The normalized spacial score (nSPS) is 12.0. The molecule has 0 aliphatic carbocycles. The van der Waals surface area contributed by atoms with Crippen LogP contribution >= 0.6 is 34.8 Å². The number of anilines is 3. The Morgan fingerprint density at radius 2 is 1.88 bits per heavy atom. The van der Waals surface area contributed by atoms with Crippen molar-refractivity contribution in [3.8, 4) is 6.07 Å². The molecule has 12 heteroatoms. The maximum absolute atomic E-state index is 14.9. The minimum atomic E-state index is -0.747. The van der Waals surface area contributed by atoms with Crippen molar-refractivity contribution in [2.45, 2.75) is 32.9 Å². The molecule has 0 saturated heterocycles. The van der Waals surface area contributed by atoms with E-state index in [0.717, 1.165) is 11.3 Å². The minimum Gasteiger partial charge on any atom is -0.373 e. The zero-order valence-electron chi connectivity index (χ0n) is 21.5. The van der Waals surface area contributed by atoms with E-state index in [-0.39, 0.29) is 27.3 Å². The fraction of sp³-hybridized carbons (Fsp3) is 0.179. The molecule has 0 saturated carbocycles. The highest BCUT2D eigenvalue weighted by molar-refractivity contribution is 6.42. The van der Waals surface area contributed by atoms with Gasteiger partial charge in [-0.25, -0.2) is 9.07 Å². The number of nitrogens with one attached hydrogen (secondary N) is 2. The van der Waals surface area contributed by atoms with Gasteiger partial charge in [-0.15, -0.1) is 5.10 Å². The Labute approximate surface area is 244 Å². The molecule has 2 N–H and O–H groups in total. The Kier molecular flexibility index (Phi) is 7.76. The molecular formula is C28H22Cl3FN8. The first-order chi connectivity index (χ1) is 19.2. The highest BCUT2D eigenvalue weighted by Gasteiger charge is 2.23. The van der Waals surface area contributed by atoms with E-state index in [2.05, 4.69) is 37.0 Å². The number of fused-ring (bicyclic) bond motifs is 1. The molecule has 2 aromatic carbocycles. The van der Waals surface area contributed by atoms with Crippen LogP contribution in [0, 0.1) is 24.1 Å². The monoisotopic (exact) mass is 594 g/mol. The van der Waals surface area contributed by atoms with Gasteiger partial charge in [-0.1, -0.05) is 46.1 Å². The van der Waals surface area contributed by atoms with Gasteiger partial charge in [0.25, 0.3) is 0 Å². The van der Waals surface area contributed by atoms with Gasteiger partial charge in [0.2, 0.25) is 0 Å². The fourth-order valence-electron chi connectivity index (χ4n) is 4.27. The molecule has 0 aliphatic heterocycles. The highest BCUT2D eigenvalue weighted by Crippen LogP contribution is 2.38. The van der Waals surface area contributed by atoms with E-state index in [9.17, 15) is 9.65 Å². The molecule has 0 radical (unpaired) electrons. The summed E-state index contributed by atoms with van der Waals surface area (Å²) in [6.07, 6.45) is 4.99. The average Bonchev–Trinajstić information content (AvgIpc) is 3.43. The zero-order valence-corrected chi connectivity index (χ0v) is 23.8. The van der Waals surface area contributed by atoms with Crippen LogP contribution in [-0.4, -0.2) is 25.0 Å². The minimum absolute atomic E-state index is 0.0436. The van der Waals surface area contributed by atoms with Gasteiger partial charge < -0.3 is 10.6 Å². The topological polar surface area (TPSA) is 104 Å². The third kappa shape index (κ3) is 5.26. The summed E-state index contributed by atoms with van der Waals surface area (Å²) in [4.78, 5) is 8.83. The first-order valence-electron chi connectivity index (χ1n) is 12.2. The second kappa shape index (κ2) is 11.3. The molecule has 1 atom stereocenters. The number of benzene rings is 2. The number of aromatic nitrogens is 5. The third-order valence-corrected chi connectivity index (χ3v) is 7.43. The Bertz CT molecular complexity index is 1780. The van der Waals surface area contributed by atoms with Gasteiger partial charge in [-0.05, 0) is 51.1 Å². The predicted molar refractivity (Wildman–Crippen MR) is 156 cm³/mol. The van der Waals surface area contributed by atoms with Crippen molar-refractivity contribution >= 4 is 62.8 Å². The molecule has 202 valence electrons. The van der Waals surface area contributed by atoms with E-state index in [1.54, 1.807) is 23.0 Å². The number of hydrogen-bond donors (Lipinski definition) is 2. The quantitative estimate of drug-likeness (QED) is 0.184. The summed E-state index contributed by atoms with van der Waals surface area (Å²) in [5.74, 6) is -0.747. The van der Waals surface area contributed by atoms with Crippen LogP contribution in [0.1, 0.15) is 48.4 Å². The summed E-state index contributed by atoms with van der Waals surface area (Å²) in [6, 6.07) is 12.1. The van der Waals surface area contributed by atoms with Gasteiger partial charge in [0, 0.05) is 40.8 Å². The number of nitriles is 1. The lowest BCUT2D eigenvalue weighted by Gasteiger charge is -2.21. The molecule has 3 heterocycles. The van der Waals surface area contributed by atoms with Crippen LogP contribution in [0.4, 0.5) is 21.5 Å². The van der Waals surface area contributed by atoms with Gasteiger partial charge >= 0.3 is 0 Å². The second-order valence-electron chi connectivity index (χ2n) is 9.33. The van der Waals surface area contributed by atoms with Crippen LogP contribution in [-0.2, 0) is 0 Å². The Balaban J connectivity index is 1.64. The van der Waals surface area contributed by atoms with Crippen LogP contribution in [0.25, 0.3) is 10.9 Å². The molecule has 5 aromatic rings. The Morgan fingerprint density at radius 3 is 2.58 bits per heavy atom. The van der Waals surface area contributed by atoms with Crippen molar-refractivity contribution in [2.75, 3.05) is 10.6 Å². The molecule has 0 fully saturated rings. The third-order valence-electron chi connectivity index (χ3n) is 6.36. The van der Waals surface area contributed by atoms with Gasteiger partial charge in [0.15, 0.2) is 5.82 Å². The molecule has 3 aromatic heterocycles. The highest BCUT2D eigenvalue weighted by atomic mass is 35.5. The molecule has 0 aliphatic rings. The molecule has 0 amide bonds. The van der Waals surface area contributed by atoms with Gasteiger partial charge in [-0.3, -0.25) is 9.97 Å². The number of halogens is 4. The maximum atomic E-state index is 14.9. The van der Waals surface area contributed by atoms with Crippen molar-refractivity contribution < 1.29 is 4.39 Å². The number of nitrogens with zero attached hydrogens (tertiary/aromatic N) is 6. The standard InChI is InChI=1S/C28H22Cl3FN8/c1-14(2)40-13-23(38-39-40)28(18-5-4-8-34-15(18)3)36-17-9-19-26(16(11-33)12-35-27(19)21(30)10-17)37-22-7-6-20(29)24(31)25(22)32/h4-10,12-14,28,36H,1-3H3,(H,35,37)/t28-/m0/s1. The van der Waals surface area contributed by atoms with Gasteiger partial charge in [0.1, 0.15) is 11.8 Å². The summed E-state index contributed by atoms with van der Waals surface area (Å²) in [5.41, 5.74) is 3.98. The van der Waals surface area contributed by atoms with E-state index in [4.69, 9.17) is 34.8 Å². The van der Waals surface area contributed by atoms with Crippen LogP contribution in [0.2, 0.25) is 15.1 Å². The Hall–Kier alpha value is -3.97. The van der Waals surface area contributed by atoms with Gasteiger partial charge in [-0.2, -0.15) is 5.26 Å². The number of pyridine rings is 2. The lowest BCUT2D eigenvalue weighted by atomic mass is 10.0. The van der Waals surface area contributed by atoms with Crippen molar-refractivity contribution in [3.05, 3.63) is 98.4 Å². The van der Waals surface area contributed by atoms with Crippen LogP contribution < -0.4 is 10.6 Å². The largest absolute Gasteiger partial charge is 0.373 e. The number of hydrogen-bond acceptors (Lipinski definition) is 7. The fourth-order valence-corrected chi connectivity index (χ4v) is 4.85. The van der Waals surface area contributed by atoms with E-state index >= 15 is 0 Å². The maximum Gasteiger partial charge on any atom is 0.166 e. The smallest absolute Gasteiger partial charge is 0.166 e. The average molecular weight is 596 g/mol. The molecule has 0 unspecified atom stereocenters. The lowest BCUT2D eigenvalue weighted by Crippen LogP contribution is -2.15. The summed E-state index contributed by atoms with van der Waals surface area (Å²) in [6.45, 7) is 5.95. The van der Waals surface area contributed by atoms with Gasteiger partial charge in [0.05, 0.1) is 49.8 Å². The second-order valence-corrected chi connectivity index (χ2v) is 10.5. The summed E-state index contributed by atoms with van der Waals surface area (Å²) >= 11 is 18.7.